The molecule has 0 saturated heterocycles. The number of aromatic nitrogens is 3. The van der Waals surface area contributed by atoms with Crippen molar-refractivity contribution in [3.63, 3.8) is 0 Å². The van der Waals surface area contributed by atoms with Gasteiger partial charge in [-0.25, -0.2) is 0 Å². The smallest absolute Gasteiger partial charge is 0.127 e. The van der Waals surface area contributed by atoms with Crippen molar-refractivity contribution in [2.75, 3.05) is 20.8 Å². The first-order valence-electron chi connectivity index (χ1n) is 6.09. The zero-order chi connectivity index (χ0) is 13.5. The van der Waals surface area contributed by atoms with Crippen LogP contribution in [0.2, 0.25) is 0 Å². The van der Waals surface area contributed by atoms with Crippen molar-refractivity contribution in [1.29, 1.82) is 0 Å². The van der Waals surface area contributed by atoms with Crippen molar-refractivity contribution in [3.8, 4) is 11.5 Å². The first-order chi connectivity index (χ1) is 9.33. The van der Waals surface area contributed by atoms with Crippen molar-refractivity contribution in [3.05, 3.63) is 36.2 Å². The standard InChI is InChI=1S/C13H18N4O2/c1-18-12-4-3-11(13(9-12)19-2)10-14-5-7-17-8-6-15-16-17/h3-4,6,8-9,14H,5,7,10H2,1-2H3. The van der Waals surface area contributed by atoms with Gasteiger partial charge in [-0.2, -0.15) is 0 Å². The monoisotopic (exact) mass is 262 g/mol. The molecule has 0 unspecified atom stereocenters. The van der Waals surface area contributed by atoms with Crippen LogP contribution in [0.5, 0.6) is 11.5 Å². The van der Waals surface area contributed by atoms with Crippen LogP contribution in [0.15, 0.2) is 30.6 Å². The molecule has 0 atom stereocenters. The molecule has 0 saturated carbocycles. The van der Waals surface area contributed by atoms with Gasteiger partial charge >= 0.3 is 0 Å². The van der Waals surface area contributed by atoms with Crippen LogP contribution in [0.25, 0.3) is 0 Å². The minimum Gasteiger partial charge on any atom is -0.497 e. The maximum absolute atomic E-state index is 5.34. The molecule has 2 aromatic rings. The summed E-state index contributed by atoms with van der Waals surface area (Å²) in [5, 5.41) is 11.0. The highest BCUT2D eigenvalue weighted by atomic mass is 16.5. The van der Waals surface area contributed by atoms with Crippen LogP contribution in [0.4, 0.5) is 0 Å². The Morgan fingerprint density at radius 2 is 2.16 bits per heavy atom. The van der Waals surface area contributed by atoms with Crippen LogP contribution in [-0.2, 0) is 13.1 Å². The summed E-state index contributed by atoms with van der Waals surface area (Å²) in [6, 6.07) is 5.81. The van der Waals surface area contributed by atoms with E-state index in [4.69, 9.17) is 9.47 Å². The van der Waals surface area contributed by atoms with Gasteiger partial charge in [-0.15, -0.1) is 5.10 Å². The summed E-state index contributed by atoms with van der Waals surface area (Å²) >= 11 is 0. The summed E-state index contributed by atoms with van der Waals surface area (Å²) in [4.78, 5) is 0. The van der Waals surface area contributed by atoms with Crippen LogP contribution in [0, 0.1) is 0 Å². The van der Waals surface area contributed by atoms with E-state index in [1.807, 2.05) is 24.4 Å². The third kappa shape index (κ3) is 3.69. The molecule has 0 aliphatic heterocycles. The van der Waals surface area contributed by atoms with E-state index in [2.05, 4.69) is 15.6 Å². The van der Waals surface area contributed by atoms with Crippen LogP contribution in [0.1, 0.15) is 5.56 Å². The Morgan fingerprint density at radius 1 is 1.26 bits per heavy atom. The molecule has 0 aliphatic carbocycles. The normalized spacial score (nSPS) is 10.4. The van der Waals surface area contributed by atoms with E-state index in [-0.39, 0.29) is 0 Å². The van der Waals surface area contributed by atoms with Crippen LogP contribution in [0.3, 0.4) is 0 Å². The first-order valence-corrected chi connectivity index (χ1v) is 6.09. The molecule has 1 heterocycles. The summed E-state index contributed by atoms with van der Waals surface area (Å²) in [5.74, 6) is 1.62. The highest BCUT2D eigenvalue weighted by Crippen LogP contribution is 2.24. The van der Waals surface area contributed by atoms with Crippen molar-refractivity contribution in [1.82, 2.24) is 20.3 Å². The molecule has 0 amide bonds. The molecule has 0 bridgehead atoms. The quantitative estimate of drug-likeness (QED) is 0.757. The maximum atomic E-state index is 5.34. The van der Waals surface area contributed by atoms with Gasteiger partial charge in [-0.05, 0) is 6.07 Å². The molecule has 1 aromatic heterocycles. The fourth-order valence-electron chi connectivity index (χ4n) is 1.77. The van der Waals surface area contributed by atoms with Gasteiger partial charge in [0, 0.05) is 30.9 Å². The summed E-state index contributed by atoms with van der Waals surface area (Å²) in [7, 11) is 3.30. The average Bonchev–Trinajstić information content (AvgIpc) is 2.96. The molecule has 1 N–H and O–H groups in total. The largest absolute Gasteiger partial charge is 0.497 e. The highest BCUT2D eigenvalue weighted by molar-refractivity contribution is 5.40. The zero-order valence-corrected chi connectivity index (χ0v) is 11.2. The van der Waals surface area contributed by atoms with E-state index in [0.29, 0.717) is 0 Å². The molecule has 19 heavy (non-hydrogen) atoms. The fraction of sp³-hybridized carbons (Fsp3) is 0.385. The number of hydrogen-bond donors (Lipinski definition) is 1. The van der Waals surface area contributed by atoms with E-state index in [9.17, 15) is 0 Å². The topological polar surface area (TPSA) is 61.2 Å². The van der Waals surface area contributed by atoms with Crippen LogP contribution in [-0.4, -0.2) is 35.8 Å². The minimum atomic E-state index is 0.738. The molecule has 0 spiro atoms. The number of ether oxygens (including phenoxy) is 2. The van der Waals surface area contributed by atoms with E-state index >= 15 is 0 Å². The van der Waals surface area contributed by atoms with Crippen LogP contribution >= 0.6 is 0 Å². The van der Waals surface area contributed by atoms with Crippen molar-refractivity contribution < 1.29 is 9.47 Å². The Morgan fingerprint density at radius 3 is 2.84 bits per heavy atom. The summed E-state index contributed by atoms with van der Waals surface area (Å²) in [6.45, 7) is 2.35. The first kappa shape index (κ1) is 13.4. The number of hydrogen-bond acceptors (Lipinski definition) is 5. The molecule has 0 radical (unpaired) electrons. The lowest BCUT2D eigenvalue weighted by molar-refractivity contribution is 0.389. The Kier molecular flexibility index (Phi) is 4.74. The highest BCUT2D eigenvalue weighted by Gasteiger charge is 2.04. The average molecular weight is 262 g/mol. The predicted molar refractivity (Wildman–Crippen MR) is 71.3 cm³/mol. The lowest BCUT2D eigenvalue weighted by Crippen LogP contribution is -2.20. The second kappa shape index (κ2) is 6.75. The molecule has 0 fully saturated rings. The summed E-state index contributed by atoms with van der Waals surface area (Å²) in [6.07, 6.45) is 3.52. The van der Waals surface area contributed by atoms with Gasteiger partial charge in [0.05, 0.1) is 27.0 Å². The predicted octanol–water partition coefficient (Wildman–Crippen LogP) is 1.09. The van der Waals surface area contributed by atoms with Crippen molar-refractivity contribution in [2.45, 2.75) is 13.1 Å². The molecule has 0 aliphatic rings. The van der Waals surface area contributed by atoms with Gasteiger partial charge in [0.25, 0.3) is 0 Å². The van der Waals surface area contributed by atoms with Gasteiger partial charge in [-0.1, -0.05) is 11.3 Å². The third-order valence-electron chi connectivity index (χ3n) is 2.80. The van der Waals surface area contributed by atoms with Gasteiger partial charge < -0.3 is 14.8 Å². The Hall–Kier alpha value is -2.08. The number of nitrogens with one attached hydrogen (secondary N) is 1. The molecule has 102 valence electrons. The SMILES string of the molecule is COc1ccc(CNCCn2ccnn2)c(OC)c1. The molecule has 6 heteroatoms. The Labute approximate surface area is 112 Å². The molecular formula is C13H18N4O2. The maximum Gasteiger partial charge on any atom is 0.127 e. The third-order valence-corrected chi connectivity index (χ3v) is 2.80. The minimum absolute atomic E-state index is 0.738. The fourth-order valence-corrected chi connectivity index (χ4v) is 1.77. The van der Waals surface area contributed by atoms with Gasteiger partial charge in [0.2, 0.25) is 0 Å². The zero-order valence-electron chi connectivity index (χ0n) is 11.2. The summed E-state index contributed by atoms with van der Waals surface area (Å²) < 4.78 is 12.3. The Bertz CT molecular complexity index is 499. The van der Waals surface area contributed by atoms with E-state index < -0.39 is 0 Å². The molecule has 1 aromatic carbocycles. The summed E-state index contributed by atoms with van der Waals surface area (Å²) in [5.41, 5.74) is 1.10. The van der Waals surface area contributed by atoms with Crippen LogP contribution < -0.4 is 14.8 Å². The lowest BCUT2D eigenvalue weighted by atomic mass is 10.2. The van der Waals surface area contributed by atoms with E-state index in [0.717, 1.165) is 36.7 Å². The lowest BCUT2D eigenvalue weighted by Gasteiger charge is -2.11. The van der Waals surface area contributed by atoms with Gasteiger partial charge in [0.1, 0.15) is 11.5 Å². The van der Waals surface area contributed by atoms with Gasteiger partial charge in [0.15, 0.2) is 0 Å². The van der Waals surface area contributed by atoms with E-state index in [1.54, 1.807) is 25.1 Å². The molecular weight excluding hydrogens is 244 g/mol. The number of benzene rings is 1. The second-order valence-electron chi connectivity index (χ2n) is 4.02. The number of methoxy groups -OCH3 is 2. The van der Waals surface area contributed by atoms with E-state index in [1.165, 1.54) is 0 Å². The Balaban J connectivity index is 1.85. The van der Waals surface area contributed by atoms with Crippen molar-refractivity contribution >= 4 is 0 Å². The number of nitrogens with zero attached hydrogens (tertiary/aromatic N) is 3. The van der Waals surface area contributed by atoms with Gasteiger partial charge in [-0.3, -0.25) is 4.68 Å². The van der Waals surface area contributed by atoms with Crippen molar-refractivity contribution in [2.24, 2.45) is 0 Å². The number of rotatable bonds is 7. The molecule has 2 rings (SSSR count). The second-order valence-corrected chi connectivity index (χ2v) is 4.02. The molecule has 6 nitrogen and oxygen atoms in total.